The van der Waals surface area contributed by atoms with E-state index in [0.717, 1.165) is 10.0 Å². The minimum absolute atomic E-state index is 0.351. The van der Waals surface area contributed by atoms with Crippen LogP contribution in [0.1, 0.15) is 12.5 Å². The predicted molar refractivity (Wildman–Crippen MR) is 71.9 cm³/mol. The average Bonchev–Trinajstić information content (AvgIpc) is 2.18. The van der Waals surface area contributed by atoms with Gasteiger partial charge in [0.1, 0.15) is 0 Å². The lowest BCUT2D eigenvalue weighted by Crippen LogP contribution is -2.37. The number of carboxylic acid groups (broad SMARTS) is 1. The number of hydrogen-bond donors (Lipinski definition) is 2. The van der Waals surface area contributed by atoms with Crippen LogP contribution in [0.4, 0.5) is 0 Å². The first kappa shape index (κ1) is 15.1. The van der Waals surface area contributed by atoms with Gasteiger partial charge in [0.25, 0.3) is 0 Å². The molecule has 0 saturated carbocycles. The average molecular weight is 336 g/mol. The minimum atomic E-state index is -3.77. The van der Waals surface area contributed by atoms with E-state index in [0.29, 0.717) is 6.42 Å². The standard InChI is InChI=1S/C11H14BrNO4S/c1-8(13-18(16,17)7-11(14)15)6-9-2-4-10(12)5-3-9/h2-5,8,13H,6-7H2,1H3,(H,14,15). The Balaban J connectivity index is 2.59. The van der Waals surface area contributed by atoms with E-state index in [9.17, 15) is 13.2 Å². The highest BCUT2D eigenvalue weighted by Crippen LogP contribution is 2.12. The SMILES string of the molecule is CC(Cc1ccc(Br)cc1)NS(=O)(=O)CC(=O)O. The van der Waals surface area contributed by atoms with Crippen LogP contribution in [0.25, 0.3) is 0 Å². The highest BCUT2D eigenvalue weighted by molar-refractivity contribution is 9.10. The first-order chi connectivity index (χ1) is 8.28. The van der Waals surface area contributed by atoms with Crippen LogP contribution >= 0.6 is 15.9 Å². The summed E-state index contributed by atoms with van der Waals surface area (Å²) in [5, 5.41) is 8.46. The van der Waals surface area contributed by atoms with E-state index in [1.54, 1.807) is 6.92 Å². The van der Waals surface area contributed by atoms with Crippen LogP contribution in [0.5, 0.6) is 0 Å². The number of carbonyl (C=O) groups is 1. The summed E-state index contributed by atoms with van der Waals surface area (Å²) < 4.78 is 26.1. The van der Waals surface area contributed by atoms with E-state index in [-0.39, 0.29) is 6.04 Å². The van der Waals surface area contributed by atoms with E-state index in [1.807, 2.05) is 24.3 Å². The molecule has 2 N–H and O–H groups in total. The quantitative estimate of drug-likeness (QED) is 0.822. The molecule has 1 atom stereocenters. The molecule has 0 fully saturated rings. The lowest BCUT2D eigenvalue weighted by molar-refractivity contribution is -0.134. The summed E-state index contributed by atoms with van der Waals surface area (Å²) >= 11 is 3.31. The van der Waals surface area contributed by atoms with Crippen molar-refractivity contribution in [2.75, 3.05) is 5.75 Å². The molecule has 1 unspecified atom stereocenters. The molecule has 1 aromatic rings. The molecule has 1 rings (SSSR count). The molecular formula is C11H14BrNO4S. The topological polar surface area (TPSA) is 83.5 Å². The summed E-state index contributed by atoms with van der Waals surface area (Å²) in [6.07, 6.45) is 0.506. The number of nitrogens with one attached hydrogen (secondary N) is 1. The van der Waals surface area contributed by atoms with Crippen LogP contribution in [0.2, 0.25) is 0 Å². The summed E-state index contributed by atoms with van der Waals surface area (Å²) in [5.41, 5.74) is 0.976. The maximum atomic E-state index is 11.4. The van der Waals surface area contributed by atoms with Crippen molar-refractivity contribution < 1.29 is 18.3 Å². The number of hydrogen-bond acceptors (Lipinski definition) is 3. The van der Waals surface area contributed by atoms with Gasteiger partial charge in [-0.3, -0.25) is 4.79 Å². The van der Waals surface area contributed by atoms with Gasteiger partial charge < -0.3 is 5.11 Å². The molecule has 0 amide bonds. The second-order valence-electron chi connectivity index (χ2n) is 4.00. The maximum Gasteiger partial charge on any atom is 0.320 e. The van der Waals surface area contributed by atoms with Gasteiger partial charge in [0, 0.05) is 10.5 Å². The molecule has 5 nitrogen and oxygen atoms in total. The molecule has 0 aliphatic carbocycles. The molecule has 0 aliphatic heterocycles. The van der Waals surface area contributed by atoms with Gasteiger partial charge in [-0.15, -0.1) is 0 Å². The fourth-order valence-electron chi connectivity index (χ4n) is 1.53. The maximum absolute atomic E-state index is 11.4. The summed E-state index contributed by atoms with van der Waals surface area (Å²) in [5.74, 6) is -2.27. The van der Waals surface area contributed by atoms with Crippen LogP contribution < -0.4 is 4.72 Å². The number of aliphatic carboxylic acids is 1. The Kier molecular flexibility index (Phi) is 5.30. The van der Waals surface area contributed by atoms with Crippen LogP contribution in [0, 0.1) is 0 Å². The number of rotatable bonds is 6. The highest BCUT2D eigenvalue weighted by Gasteiger charge is 2.18. The van der Waals surface area contributed by atoms with Gasteiger partial charge >= 0.3 is 5.97 Å². The fraction of sp³-hybridized carbons (Fsp3) is 0.364. The second-order valence-corrected chi connectivity index (χ2v) is 6.67. The molecular weight excluding hydrogens is 322 g/mol. The Labute approximate surface area is 114 Å². The zero-order valence-corrected chi connectivity index (χ0v) is 12.2. The summed E-state index contributed by atoms with van der Waals surface area (Å²) in [7, 11) is -3.77. The number of benzene rings is 1. The lowest BCUT2D eigenvalue weighted by atomic mass is 10.1. The second kappa shape index (κ2) is 6.31. The van der Waals surface area contributed by atoms with Gasteiger partial charge in [0.2, 0.25) is 10.0 Å². The van der Waals surface area contributed by atoms with E-state index >= 15 is 0 Å². The summed E-state index contributed by atoms with van der Waals surface area (Å²) in [6, 6.07) is 7.15. The van der Waals surface area contributed by atoms with Crippen LogP contribution in [-0.4, -0.2) is 31.3 Å². The fourth-order valence-corrected chi connectivity index (χ4v) is 2.90. The molecule has 0 spiro atoms. The minimum Gasteiger partial charge on any atom is -0.480 e. The van der Waals surface area contributed by atoms with E-state index in [1.165, 1.54) is 0 Å². The van der Waals surface area contributed by atoms with Gasteiger partial charge in [0.15, 0.2) is 5.75 Å². The van der Waals surface area contributed by atoms with Gasteiger partial charge in [-0.2, -0.15) is 0 Å². The third-order valence-electron chi connectivity index (χ3n) is 2.15. The zero-order valence-electron chi connectivity index (χ0n) is 9.76. The molecule has 0 heterocycles. The molecule has 100 valence electrons. The molecule has 1 aromatic carbocycles. The molecule has 18 heavy (non-hydrogen) atoms. The molecule has 0 radical (unpaired) electrons. The number of sulfonamides is 1. The highest BCUT2D eigenvalue weighted by atomic mass is 79.9. The largest absolute Gasteiger partial charge is 0.480 e. The Morgan fingerprint density at radius 3 is 2.44 bits per heavy atom. The van der Waals surface area contributed by atoms with Crippen molar-refractivity contribution in [1.29, 1.82) is 0 Å². The van der Waals surface area contributed by atoms with E-state index in [2.05, 4.69) is 20.7 Å². The lowest BCUT2D eigenvalue weighted by Gasteiger charge is -2.13. The summed E-state index contributed by atoms with van der Waals surface area (Å²) in [4.78, 5) is 10.4. The van der Waals surface area contributed by atoms with Crippen molar-refractivity contribution in [3.05, 3.63) is 34.3 Å². The smallest absolute Gasteiger partial charge is 0.320 e. The van der Waals surface area contributed by atoms with Crippen molar-refractivity contribution in [2.45, 2.75) is 19.4 Å². The molecule has 0 bridgehead atoms. The molecule has 0 saturated heterocycles. The van der Waals surface area contributed by atoms with Crippen molar-refractivity contribution in [2.24, 2.45) is 0 Å². The Hall–Kier alpha value is -0.920. The number of halogens is 1. The van der Waals surface area contributed by atoms with E-state index < -0.39 is 21.7 Å². The monoisotopic (exact) mass is 335 g/mol. The van der Waals surface area contributed by atoms with E-state index in [4.69, 9.17) is 5.11 Å². The van der Waals surface area contributed by atoms with Gasteiger partial charge in [0.05, 0.1) is 0 Å². The van der Waals surface area contributed by atoms with Crippen LogP contribution in [0.3, 0.4) is 0 Å². The van der Waals surface area contributed by atoms with Gasteiger partial charge in [-0.25, -0.2) is 13.1 Å². The third-order valence-corrected chi connectivity index (χ3v) is 4.07. The summed E-state index contributed by atoms with van der Waals surface area (Å²) in [6.45, 7) is 1.70. The van der Waals surface area contributed by atoms with Crippen molar-refractivity contribution in [1.82, 2.24) is 4.72 Å². The van der Waals surface area contributed by atoms with Crippen molar-refractivity contribution >= 4 is 31.9 Å². The normalized spacial score (nSPS) is 13.2. The molecule has 0 aromatic heterocycles. The predicted octanol–water partition coefficient (Wildman–Crippen LogP) is 1.38. The van der Waals surface area contributed by atoms with Crippen LogP contribution in [-0.2, 0) is 21.2 Å². The number of carboxylic acids is 1. The third kappa shape index (κ3) is 5.61. The first-order valence-electron chi connectivity index (χ1n) is 5.25. The zero-order chi connectivity index (χ0) is 13.8. The first-order valence-corrected chi connectivity index (χ1v) is 7.69. The Morgan fingerprint density at radius 1 is 1.39 bits per heavy atom. The van der Waals surface area contributed by atoms with Crippen molar-refractivity contribution in [3.63, 3.8) is 0 Å². The molecule has 0 aliphatic rings. The van der Waals surface area contributed by atoms with Gasteiger partial charge in [-0.1, -0.05) is 28.1 Å². The van der Waals surface area contributed by atoms with Crippen LogP contribution in [0.15, 0.2) is 28.7 Å². The Morgan fingerprint density at radius 2 is 1.94 bits per heavy atom. The van der Waals surface area contributed by atoms with Gasteiger partial charge in [-0.05, 0) is 31.0 Å². The van der Waals surface area contributed by atoms with Crippen molar-refractivity contribution in [3.8, 4) is 0 Å². The molecule has 7 heteroatoms. The Bertz CT molecular complexity index is 512.